The van der Waals surface area contributed by atoms with Crippen LogP contribution in [0, 0.1) is 12.7 Å². The van der Waals surface area contributed by atoms with E-state index in [1.54, 1.807) is 22.8 Å². The summed E-state index contributed by atoms with van der Waals surface area (Å²) < 4.78 is 16.3. The summed E-state index contributed by atoms with van der Waals surface area (Å²) in [5, 5.41) is 7.27. The molecule has 1 saturated carbocycles. The van der Waals surface area contributed by atoms with Crippen molar-refractivity contribution < 1.29 is 9.18 Å². The van der Waals surface area contributed by atoms with Crippen molar-refractivity contribution in [3.05, 3.63) is 76.0 Å². The van der Waals surface area contributed by atoms with Gasteiger partial charge in [0.15, 0.2) is 5.82 Å². The summed E-state index contributed by atoms with van der Waals surface area (Å²) in [7, 11) is 0. The van der Waals surface area contributed by atoms with E-state index in [-0.39, 0.29) is 36.5 Å². The number of benzene rings is 2. The number of aryl methyl sites for hydroxylation is 1. The standard InChI is InChI=1S/C21H21FN4O2/c1-14-3-2-4-16(13-14)20(27)23-11-12-25-21(28)26(18-9-10-18)19(24-25)15-5-7-17(22)8-6-15/h2-8,13,18H,9-12H2,1H3,(H,23,27). The maximum Gasteiger partial charge on any atom is 0.346 e. The zero-order valence-corrected chi connectivity index (χ0v) is 15.6. The summed E-state index contributed by atoms with van der Waals surface area (Å²) >= 11 is 0. The van der Waals surface area contributed by atoms with Crippen molar-refractivity contribution in [3.63, 3.8) is 0 Å². The molecule has 1 fully saturated rings. The minimum Gasteiger partial charge on any atom is -0.350 e. The predicted octanol–water partition coefficient (Wildman–Crippen LogP) is 2.92. The van der Waals surface area contributed by atoms with Gasteiger partial charge in [-0.25, -0.2) is 13.9 Å². The second-order valence-electron chi connectivity index (χ2n) is 7.06. The SMILES string of the molecule is Cc1cccc(C(=O)NCCn2nc(-c3ccc(F)cc3)n(C3CC3)c2=O)c1. The van der Waals surface area contributed by atoms with E-state index in [0.29, 0.717) is 17.0 Å². The lowest BCUT2D eigenvalue weighted by Gasteiger charge is -2.05. The van der Waals surface area contributed by atoms with Crippen LogP contribution in [0.25, 0.3) is 11.4 Å². The van der Waals surface area contributed by atoms with E-state index < -0.39 is 0 Å². The Kier molecular flexibility index (Phi) is 4.81. The quantitative estimate of drug-likeness (QED) is 0.715. The lowest BCUT2D eigenvalue weighted by atomic mass is 10.1. The number of nitrogens with zero attached hydrogens (tertiary/aromatic N) is 3. The van der Waals surface area contributed by atoms with Gasteiger partial charge in [0.2, 0.25) is 0 Å². The summed E-state index contributed by atoms with van der Waals surface area (Å²) in [6.07, 6.45) is 1.87. The maximum atomic E-state index is 13.2. The number of nitrogens with one attached hydrogen (secondary N) is 1. The third-order valence-corrected chi connectivity index (χ3v) is 4.77. The van der Waals surface area contributed by atoms with Crippen LogP contribution in [0.15, 0.2) is 53.3 Å². The molecule has 6 nitrogen and oxygen atoms in total. The van der Waals surface area contributed by atoms with Gasteiger partial charge >= 0.3 is 5.69 Å². The van der Waals surface area contributed by atoms with Gasteiger partial charge in [0.25, 0.3) is 5.91 Å². The zero-order valence-electron chi connectivity index (χ0n) is 15.6. The highest BCUT2D eigenvalue weighted by molar-refractivity contribution is 5.94. The highest BCUT2D eigenvalue weighted by Gasteiger charge is 2.30. The smallest absolute Gasteiger partial charge is 0.346 e. The van der Waals surface area contributed by atoms with E-state index in [1.807, 2.05) is 25.1 Å². The number of amides is 1. The van der Waals surface area contributed by atoms with Crippen LogP contribution in [0.2, 0.25) is 0 Å². The average molecular weight is 380 g/mol. The highest BCUT2D eigenvalue weighted by Crippen LogP contribution is 2.36. The molecule has 7 heteroatoms. The van der Waals surface area contributed by atoms with E-state index in [0.717, 1.165) is 18.4 Å². The fraction of sp³-hybridized carbons (Fsp3) is 0.286. The first-order chi connectivity index (χ1) is 13.5. The number of hydrogen-bond acceptors (Lipinski definition) is 3. The molecule has 144 valence electrons. The fourth-order valence-electron chi connectivity index (χ4n) is 3.19. The van der Waals surface area contributed by atoms with E-state index in [2.05, 4.69) is 10.4 Å². The Hall–Kier alpha value is -3.22. The second kappa shape index (κ2) is 7.42. The second-order valence-corrected chi connectivity index (χ2v) is 7.06. The van der Waals surface area contributed by atoms with Crippen molar-refractivity contribution in [1.29, 1.82) is 0 Å². The van der Waals surface area contributed by atoms with Gasteiger partial charge in [-0.15, -0.1) is 5.10 Å². The topological polar surface area (TPSA) is 68.9 Å². The van der Waals surface area contributed by atoms with Gasteiger partial charge in [0.05, 0.1) is 6.54 Å². The molecule has 0 spiro atoms. The Morgan fingerprint density at radius 2 is 1.96 bits per heavy atom. The molecular weight excluding hydrogens is 359 g/mol. The van der Waals surface area contributed by atoms with E-state index in [1.165, 1.54) is 16.8 Å². The lowest BCUT2D eigenvalue weighted by molar-refractivity contribution is 0.0951. The molecule has 1 heterocycles. The van der Waals surface area contributed by atoms with Crippen LogP contribution in [0.3, 0.4) is 0 Å². The maximum absolute atomic E-state index is 13.2. The molecule has 0 radical (unpaired) electrons. The lowest BCUT2D eigenvalue weighted by Crippen LogP contribution is -2.32. The minimum absolute atomic E-state index is 0.142. The Bertz CT molecular complexity index is 1060. The molecule has 0 saturated heterocycles. The van der Waals surface area contributed by atoms with Crippen LogP contribution < -0.4 is 11.0 Å². The molecule has 0 unspecified atom stereocenters. The number of halogens is 1. The van der Waals surface area contributed by atoms with Crippen molar-refractivity contribution in [3.8, 4) is 11.4 Å². The fourth-order valence-corrected chi connectivity index (χ4v) is 3.19. The average Bonchev–Trinajstić information content (AvgIpc) is 3.47. The molecule has 4 rings (SSSR count). The number of carbonyl (C=O) groups is 1. The van der Waals surface area contributed by atoms with Crippen LogP contribution in [0.4, 0.5) is 4.39 Å². The van der Waals surface area contributed by atoms with Gasteiger partial charge in [0, 0.05) is 23.7 Å². The van der Waals surface area contributed by atoms with Gasteiger partial charge in [-0.1, -0.05) is 17.7 Å². The van der Waals surface area contributed by atoms with Crippen molar-refractivity contribution in [2.75, 3.05) is 6.54 Å². The van der Waals surface area contributed by atoms with Crippen LogP contribution in [-0.2, 0) is 6.54 Å². The van der Waals surface area contributed by atoms with Crippen molar-refractivity contribution in [2.45, 2.75) is 32.4 Å². The predicted molar refractivity (Wildman–Crippen MR) is 104 cm³/mol. The molecule has 28 heavy (non-hydrogen) atoms. The molecule has 0 aliphatic heterocycles. The van der Waals surface area contributed by atoms with E-state index >= 15 is 0 Å². The summed E-state index contributed by atoms with van der Waals surface area (Å²) in [5.41, 5.74) is 2.10. The van der Waals surface area contributed by atoms with Gasteiger partial charge in [0.1, 0.15) is 5.82 Å². The van der Waals surface area contributed by atoms with E-state index in [9.17, 15) is 14.0 Å². The van der Waals surface area contributed by atoms with Crippen molar-refractivity contribution in [2.24, 2.45) is 0 Å². The van der Waals surface area contributed by atoms with Crippen LogP contribution in [0.5, 0.6) is 0 Å². The monoisotopic (exact) mass is 380 g/mol. The Morgan fingerprint density at radius 1 is 1.21 bits per heavy atom. The summed E-state index contributed by atoms with van der Waals surface area (Å²) in [6.45, 7) is 2.49. The first-order valence-electron chi connectivity index (χ1n) is 9.33. The molecule has 2 aromatic carbocycles. The highest BCUT2D eigenvalue weighted by atomic mass is 19.1. The number of rotatable bonds is 6. The minimum atomic E-state index is -0.331. The van der Waals surface area contributed by atoms with Crippen LogP contribution in [-0.4, -0.2) is 26.8 Å². The largest absolute Gasteiger partial charge is 0.350 e. The van der Waals surface area contributed by atoms with Crippen LogP contribution >= 0.6 is 0 Å². The van der Waals surface area contributed by atoms with Gasteiger partial charge < -0.3 is 5.32 Å². The summed E-state index contributed by atoms with van der Waals surface area (Å²) in [6, 6.07) is 13.4. The van der Waals surface area contributed by atoms with Gasteiger partial charge in [-0.2, -0.15) is 0 Å². The Balaban J connectivity index is 1.51. The Morgan fingerprint density at radius 3 is 2.64 bits per heavy atom. The zero-order chi connectivity index (χ0) is 19.7. The summed E-state index contributed by atoms with van der Waals surface area (Å²) in [5.74, 6) is 0.0250. The van der Waals surface area contributed by atoms with Gasteiger partial charge in [-0.05, 0) is 56.2 Å². The van der Waals surface area contributed by atoms with Gasteiger partial charge in [-0.3, -0.25) is 9.36 Å². The molecule has 1 aromatic heterocycles. The normalized spacial score (nSPS) is 13.5. The third-order valence-electron chi connectivity index (χ3n) is 4.77. The molecule has 0 bridgehead atoms. The first kappa shape index (κ1) is 18.2. The third kappa shape index (κ3) is 3.74. The molecular formula is C21H21FN4O2. The number of aromatic nitrogens is 3. The molecule has 1 amide bonds. The molecule has 1 aliphatic rings. The number of carbonyl (C=O) groups excluding carboxylic acids is 1. The van der Waals surface area contributed by atoms with Crippen molar-refractivity contribution >= 4 is 5.91 Å². The molecule has 3 aromatic rings. The molecule has 0 atom stereocenters. The molecule has 1 aliphatic carbocycles. The molecule has 1 N–H and O–H groups in total. The van der Waals surface area contributed by atoms with Crippen LogP contribution in [0.1, 0.15) is 34.8 Å². The Labute approximate surface area is 161 Å². The summed E-state index contributed by atoms with van der Waals surface area (Å²) in [4.78, 5) is 25.0. The first-order valence-corrected chi connectivity index (χ1v) is 9.33. The van der Waals surface area contributed by atoms with E-state index in [4.69, 9.17) is 0 Å². The van der Waals surface area contributed by atoms with Crippen molar-refractivity contribution in [1.82, 2.24) is 19.7 Å². The number of hydrogen-bond donors (Lipinski definition) is 1.